The van der Waals surface area contributed by atoms with Gasteiger partial charge in [-0.15, -0.1) is 6.42 Å². The van der Waals surface area contributed by atoms with Crippen LogP contribution in [0.2, 0.25) is 0 Å². The van der Waals surface area contributed by atoms with Gasteiger partial charge in [-0.2, -0.15) is 0 Å². The molecule has 4 nitrogen and oxygen atoms in total. The lowest BCUT2D eigenvalue weighted by atomic mass is 9.94. The molecule has 0 spiro atoms. The number of nitrogens with zero attached hydrogens (tertiary/aromatic N) is 1. The highest BCUT2D eigenvalue weighted by Crippen LogP contribution is 2.28. The quantitative estimate of drug-likeness (QED) is 0.828. The number of carbonyl (C=O) groups excluding carboxylic acids is 2. The molecule has 2 rings (SSSR count). The first-order valence-electron chi connectivity index (χ1n) is 6.55. The minimum atomic E-state index is -0.804. The van der Waals surface area contributed by atoms with Crippen LogP contribution in [-0.4, -0.2) is 28.3 Å². The average molecular weight is 270 g/mol. The van der Waals surface area contributed by atoms with Gasteiger partial charge in [0.1, 0.15) is 12.1 Å². The predicted octanol–water partition coefficient (Wildman–Crippen LogP) is 1.49. The van der Waals surface area contributed by atoms with Gasteiger partial charge < -0.3 is 10.2 Å². The predicted molar refractivity (Wildman–Crippen MR) is 76.5 cm³/mol. The number of terminal acetylenes is 1. The molecule has 2 unspecified atom stereocenters. The molecule has 1 aromatic carbocycles. The molecule has 104 valence electrons. The molecule has 1 aliphatic heterocycles. The molecule has 1 aromatic rings. The van der Waals surface area contributed by atoms with Crippen molar-refractivity contribution in [3.63, 3.8) is 0 Å². The summed E-state index contributed by atoms with van der Waals surface area (Å²) in [7, 11) is 0. The highest BCUT2D eigenvalue weighted by atomic mass is 16.2. The maximum absolute atomic E-state index is 12.7. The van der Waals surface area contributed by atoms with Crippen LogP contribution in [0.15, 0.2) is 30.3 Å². The summed E-state index contributed by atoms with van der Waals surface area (Å²) in [6.45, 7) is 5.22. The van der Waals surface area contributed by atoms with Crippen LogP contribution in [0.5, 0.6) is 0 Å². The van der Waals surface area contributed by atoms with E-state index in [1.165, 1.54) is 4.90 Å². The molecule has 1 fully saturated rings. The molecule has 2 amide bonds. The highest BCUT2D eigenvalue weighted by Gasteiger charge is 2.44. The number of amides is 2. The number of piperazine rings is 1. The van der Waals surface area contributed by atoms with E-state index >= 15 is 0 Å². The van der Waals surface area contributed by atoms with Crippen LogP contribution >= 0.6 is 0 Å². The van der Waals surface area contributed by atoms with E-state index in [-0.39, 0.29) is 11.8 Å². The molecule has 4 heteroatoms. The SMILES string of the molecule is C#CC(C)(C)N1C(=O)C(c2ccccc2)NC(=O)C1C. The molecule has 20 heavy (non-hydrogen) atoms. The highest BCUT2D eigenvalue weighted by molar-refractivity contribution is 5.98. The van der Waals surface area contributed by atoms with Gasteiger partial charge in [-0.1, -0.05) is 36.3 Å². The standard InChI is InChI=1S/C16H18N2O2/c1-5-16(3,4)18-11(2)14(19)17-13(15(18)20)12-9-7-6-8-10-12/h1,6-11,13H,2-4H3,(H,17,19). The minimum absolute atomic E-state index is 0.175. The van der Waals surface area contributed by atoms with Crippen LogP contribution in [0, 0.1) is 12.3 Å². The second-order valence-corrected chi connectivity index (χ2v) is 5.44. The largest absolute Gasteiger partial charge is 0.339 e. The average Bonchev–Trinajstić information content (AvgIpc) is 2.44. The third kappa shape index (κ3) is 2.27. The van der Waals surface area contributed by atoms with Crippen LogP contribution in [0.1, 0.15) is 32.4 Å². The monoisotopic (exact) mass is 270 g/mol. The van der Waals surface area contributed by atoms with Crippen LogP contribution in [-0.2, 0) is 9.59 Å². The Bertz CT molecular complexity index is 572. The van der Waals surface area contributed by atoms with Gasteiger partial charge in [0.05, 0.1) is 5.54 Å². The van der Waals surface area contributed by atoms with Crippen molar-refractivity contribution in [3.8, 4) is 12.3 Å². The van der Waals surface area contributed by atoms with E-state index in [0.717, 1.165) is 5.56 Å². The van der Waals surface area contributed by atoms with E-state index in [1.807, 2.05) is 30.3 Å². The van der Waals surface area contributed by atoms with Crippen LogP contribution < -0.4 is 5.32 Å². The van der Waals surface area contributed by atoms with Gasteiger partial charge in [0.15, 0.2) is 0 Å². The summed E-state index contributed by atoms with van der Waals surface area (Å²) in [5.41, 5.74) is -0.0445. The third-order valence-electron chi connectivity index (χ3n) is 3.63. The number of nitrogens with one attached hydrogen (secondary N) is 1. The zero-order chi connectivity index (χ0) is 14.9. The fourth-order valence-electron chi connectivity index (χ4n) is 2.47. The number of hydrogen-bond donors (Lipinski definition) is 1. The summed E-state index contributed by atoms with van der Waals surface area (Å²) >= 11 is 0. The maximum atomic E-state index is 12.7. The summed E-state index contributed by atoms with van der Waals surface area (Å²) in [4.78, 5) is 26.3. The Morgan fingerprint density at radius 3 is 2.40 bits per heavy atom. The van der Waals surface area contributed by atoms with Crippen LogP contribution in [0.3, 0.4) is 0 Å². The molecular formula is C16H18N2O2. The maximum Gasteiger partial charge on any atom is 0.251 e. The Morgan fingerprint density at radius 1 is 1.25 bits per heavy atom. The van der Waals surface area contributed by atoms with Crippen molar-refractivity contribution in [3.05, 3.63) is 35.9 Å². The molecule has 0 saturated carbocycles. The lowest BCUT2D eigenvalue weighted by Crippen LogP contribution is -2.64. The first-order valence-corrected chi connectivity index (χ1v) is 6.55. The molecule has 1 N–H and O–H groups in total. The smallest absolute Gasteiger partial charge is 0.251 e. The van der Waals surface area contributed by atoms with Crippen molar-refractivity contribution in [2.75, 3.05) is 0 Å². The first kappa shape index (κ1) is 14.1. The summed E-state index contributed by atoms with van der Waals surface area (Å²) in [5.74, 6) is 2.22. The zero-order valence-corrected chi connectivity index (χ0v) is 11.9. The molecule has 1 heterocycles. The van der Waals surface area contributed by atoms with Crippen LogP contribution in [0.25, 0.3) is 0 Å². The van der Waals surface area contributed by atoms with E-state index in [1.54, 1.807) is 20.8 Å². The Balaban J connectivity index is 2.42. The van der Waals surface area contributed by atoms with Crippen molar-refractivity contribution >= 4 is 11.8 Å². The number of hydrogen-bond acceptors (Lipinski definition) is 2. The lowest BCUT2D eigenvalue weighted by Gasteiger charge is -2.44. The second kappa shape index (κ2) is 5.01. The molecule has 1 aliphatic rings. The normalized spacial score (nSPS) is 23.2. The van der Waals surface area contributed by atoms with Gasteiger partial charge >= 0.3 is 0 Å². The van der Waals surface area contributed by atoms with Crippen molar-refractivity contribution < 1.29 is 9.59 Å². The number of carbonyl (C=O) groups is 2. The molecule has 0 bridgehead atoms. The van der Waals surface area contributed by atoms with Gasteiger partial charge in [-0.25, -0.2) is 0 Å². The zero-order valence-electron chi connectivity index (χ0n) is 11.9. The topological polar surface area (TPSA) is 49.4 Å². The number of benzene rings is 1. The molecule has 2 atom stereocenters. The van der Waals surface area contributed by atoms with E-state index < -0.39 is 17.6 Å². The minimum Gasteiger partial charge on any atom is -0.339 e. The number of rotatable bonds is 2. The van der Waals surface area contributed by atoms with E-state index in [2.05, 4.69) is 11.2 Å². The Kier molecular flexibility index (Phi) is 3.54. The van der Waals surface area contributed by atoms with Gasteiger partial charge in [0, 0.05) is 0 Å². The Hall–Kier alpha value is -2.28. The van der Waals surface area contributed by atoms with Crippen molar-refractivity contribution in [2.45, 2.75) is 38.4 Å². The van der Waals surface area contributed by atoms with Gasteiger partial charge in [-0.3, -0.25) is 9.59 Å². The molecule has 0 radical (unpaired) electrons. The first-order chi connectivity index (χ1) is 9.38. The van der Waals surface area contributed by atoms with Gasteiger partial charge in [-0.05, 0) is 26.3 Å². The molecule has 1 saturated heterocycles. The van der Waals surface area contributed by atoms with Crippen molar-refractivity contribution in [1.29, 1.82) is 0 Å². The van der Waals surface area contributed by atoms with E-state index in [9.17, 15) is 9.59 Å². The van der Waals surface area contributed by atoms with Gasteiger partial charge in [0.25, 0.3) is 5.91 Å². The molecule has 0 aliphatic carbocycles. The molecular weight excluding hydrogens is 252 g/mol. The Labute approximate surface area is 119 Å². The summed E-state index contributed by atoms with van der Waals surface area (Å²) in [6.07, 6.45) is 5.52. The fourth-order valence-corrected chi connectivity index (χ4v) is 2.47. The lowest BCUT2D eigenvalue weighted by molar-refractivity contribution is -0.153. The fraction of sp³-hybridized carbons (Fsp3) is 0.375. The second-order valence-electron chi connectivity index (χ2n) is 5.44. The molecule has 0 aromatic heterocycles. The van der Waals surface area contributed by atoms with E-state index in [0.29, 0.717) is 0 Å². The third-order valence-corrected chi connectivity index (χ3v) is 3.63. The Morgan fingerprint density at radius 2 is 1.85 bits per heavy atom. The van der Waals surface area contributed by atoms with E-state index in [4.69, 9.17) is 6.42 Å². The van der Waals surface area contributed by atoms with Crippen LogP contribution in [0.4, 0.5) is 0 Å². The van der Waals surface area contributed by atoms with Gasteiger partial charge in [0.2, 0.25) is 5.91 Å². The van der Waals surface area contributed by atoms with Crippen molar-refractivity contribution in [2.24, 2.45) is 0 Å². The van der Waals surface area contributed by atoms with Crippen molar-refractivity contribution in [1.82, 2.24) is 10.2 Å². The summed E-state index contributed by atoms with van der Waals surface area (Å²) in [5, 5.41) is 2.76. The summed E-state index contributed by atoms with van der Waals surface area (Å²) in [6, 6.07) is 7.93. The summed E-state index contributed by atoms with van der Waals surface area (Å²) < 4.78 is 0.